The molecule has 112 valence electrons. The van der Waals surface area contributed by atoms with Crippen LogP contribution in [0.15, 0.2) is 0 Å². The highest BCUT2D eigenvalue weighted by Gasteiger charge is 2.46. The van der Waals surface area contributed by atoms with Gasteiger partial charge in [0.15, 0.2) is 0 Å². The number of ether oxygens (including phenoxy) is 1. The molecular formula is C16H32N2O. The van der Waals surface area contributed by atoms with Crippen molar-refractivity contribution in [2.24, 2.45) is 0 Å². The second kappa shape index (κ2) is 6.11. The molecule has 0 bridgehead atoms. The van der Waals surface area contributed by atoms with Crippen LogP contribution in [0.5, 0.6) is 0 Å². The van der Waals surface area contributed by atoms with Crippen molar-refractivity contribution in [3.05, 3.63) is 0 Å². The first kappa shape index (κ1) is 15.3. The van der Waals surface area contributed by atoms with Crippen LogP contribution in [0.3, 0.4) is 0 Å². The molecule has 3 heteroatoms. The van der Waals surface area contributed by atoms with E-state index in [-0.39, 0.29) is 0 Å². The summed E-state index contributed by atoms with van der Waals surface area (Å²) in [4.78, 5) is 2.77. The minimum atomic E-state index is 0.307. The molecule has 1 spiro atoms. The zero-order valence-corrected chi connectivity index (χ0v) is 13.3. The van der Waals surface area contributed by atoms with E-state index in [1.54, 1.807) is 0 Å². The van der Waals surface area contributed by atoms with Gasteiger partial charge in [0.25, 0.3) is 0 Å². The molecule has 2 rings (SSSR count). The maximum Gasteiger partial charge on any atom is 0.0477 e. The fraction of sp³-hybridized carbons (Fsp3) is 1.00. The van der Waals surface area contributed by atoms with Crippen molar-refractivity contribution in [1.82, 2.24) is 10.2 Å². The quantitative estimate of drug-likeness (QED) is 0.830. The number of rotatable bonds is 5. The normalized spacial score (nSPS) is 32.8. The largest absolute Gasteiger partial charge is 0.385 e. The number of piperazine rings is 1. The highest BCUT2D eigenvalue weighted by Crippen LogP contribution is 2.38. The van der Waals surface area contributed by atoms with E-state index in [2.05, 4.69) is 31.0 Å². The first-order valence-corrected chi connectivity index (χ1v) is 8.06. The number of nitrogens with zero attached hydrogens (tertiary/aromatic N) is 1. The van der Waals surface area contributed by atoms with E-state index in [4.69, 9.17) is 4.74 Å². The van der Waals surface area contributed by atoms with Crippen molar-refractivity contribution in [1.29, 1.82) is 0 Å². The van der Waals surface area contributed by atoms with Crippen molar-refractivity contribution < 1.29 is 4.74 Å². The summed E-state index contributed by atoms with van der Waals surface area (Å²) in [6.07, 6.45) is 7.88. The van der Waals surface area contributed by atoms with E-state index >= 15 is 0 Å². The molecule has 2 fully saturated rings. The SMILES string of the molecule is CCC1(C)CNC2(CCCC2)CN1C(C)CCOC. The molecule has 2 unspecified atom stereocenters. The van der Waals surface area contributed by atoms with E-state index in [9.17, 15) is 0 Å². The molecule has 1 saturated carbocycles. The Labute approximate surface area is 119 Å². The summed E-state index contributed by atoms with van der Waals surface area (Å²) in [5.74, 6) is 0. The Morgan fingerprint density at radius 1 is 1.32 bits per heavy atom. The summed E-state index contributed by atoms with van der Waals surface area (Å²) in [6, 6.07) is 0.615. The summed E-state index contributed by atoms with van der Waals surface area (Å²) < 4.78 is 5.28. The summed E-state index contributed by atoms with van der Waals surface area (Å²) in [5.41, 5.74) is 0.719. The second-order valence-corrected chi connectivity index (χ2v) is 6.95. The molecule has 0 radical (unpaired) electrons. The van der Waals surface area contributed by atoms with Crippen molar-refractivity contribution in [3.8, 4) is 0 Å². The standard InChI is InChI=1S/C16H32N2O/c1-5-15(3)12-17-16(9-6-7-10-16)13-18(15)14(2)8-11-19-4/h14,17H,5-13H2,1-4H3. The Kier molecular flexibility index (Phi) is 4.91. The summed E-state index contributed by atoms with van der Waals surface area (Å²) >= 11 is 0. The van der Waals surface area contributed by atoms with Crippen LogP contribution in [-0.2, 0) is 4.74 Å². The van der Waals surface area contributed by atoms with Crippen molar-refractivity contribution in [3.63, 3.8) is 0 Å². The Morgan fingerprint density at radius 2 is 2.00 bits per heavy atom. The van der Waals surface area contributed by atoms with Gasteiger partial charge in [-0.3, -0.25) is 4.90 Å². The smallest absolute Gasteiger partial charge is 0.0477 e. The van der Waals surface area contributed by atoms with Gasteiger partial charge in [-0.2, -0.15) is 0 Å². The molecule has 2 atom stereocenters. The third-order valence-corrected chi connectivity index (χ3v) is 5.60. The van der Waals surface area contributed by atoms with E-state index in [0.717, 1.165) is 19.6 Å². The number of hydrogen-bond acceptors (Lipinski definition) is 3. The highest BCUT2D eigenvalue weighted by atomic mass is 16.5. The Morgan fingerprint density at radius 3 is 2.58 bits per heavy atom. The molecule has 3 nitrogen and oxygen atoms in total. The third kappa shape index (κ3) is 3.14. The molecule has 1 heterocycles. The predicted octanol–water partition coefficient (Wildman–Crippen LogP) is 2.80. The van der Waals surface area contributed by atoms with Crippen LogP contribution in [0.4, 0.5) is 0 Å². The lowest BCUT2D eigenvalue weighted by atomic mass is 9.83. The van der Waals surface area contributed by atoms with Crippen LogP contribution in [-0.4, -0.2) is 48.8 Å². The van der Waals surface area contributed by atoms with Gasteiger partial charge in [0, 0.05) is 43.9 Å². The average Bonchev–Trinajstić information content (AvgIpc) is 2.88. The predicted molar refractivity (Wildman–Crippen MR) is 80.6 cm³/mol. The van der Waals surface area contributed by atoms with Gasteiger partial charge in [0.1, 0.15) is 0 Å². The first-order valence-electron chi connectivity index (χ1n) is 8.06. The van der Waals surface area contributed by atoms with Crippen molar-refractivity contribution in [2.45, 2.75) is 76.4 Å². The fourth-order valence-electron chi connectivity index (χ4n) is 3.90. The molecule has 1 aliphatic carbocycles. The average molecular weight is 268 g/mol. The van der Waals surface area contributed by atoms with Crippen LogP contribution in [0, 0.1) is 0 Å². The lowest BCUT2D eigenvalue weighted by Gasteiger charge is -2.54. The molecule has 2 aliphatic rings. The maximum atomic E-state index is 5.28. The van der Waals surface area contributed by atoms with E-state index < -0.39 is 0 Å². The lowest BCUT2D eigenvalue weighted by molar-refractivity contribution is -0.0213. The van der Waals surface area contributed by atoms with Crippen molar-refractivity contribution >= 4 is 0 Å². The van der Waals surface area contributed by atoms with E-state index in [1.165, 1.54) is 38.6 Å². The topological polar surface area (TPSA) is 24.5 Å². The Bertz CT molecular complexity index is 288. The zero-order chi connectivity index (χ0) is 13.9. The maximum absolute atomic E-state index is 5.28. The fourth-order valence-corrected chi connectivity index (χ4v) is 3.90. The highest BCUT2D eigenvalue weighted by molar-refractivity contribution is 5.06. The zero-order valence-electron chi connectivity index (χ0n) is 13.3. The van der Waals surface area contributed by atoms with Crippen LogP contribution in [0.25, 0.3) is 0 Å². The van der Waals surface area contributed by atoms with Gasteiger partial charge >= 0.3 is 0 Å². The van der Waals surface area contributed by atoms with Gasteiger partial charge in [-0.05, 0) is 39.5 Å². The summed E-state index contributed by atoms with van der Waals surface area (Å²) in [5, 5.41) is 3.90. The molecular weight excluding hydrogens is 236 g/mol. The molecule has 19 heavy (non-hydrogen) atoms. The molecule has 1 aliphatic heterocycles. The molecule has 0 amide bonds. The number of nitrogens with one attached hydrogen (secondary N) is 1. The van der Waals surface area contributed by atoms with Crippen molar-refractivity contribution in [2.75, 3.05) is 26.8 Å². The van der Waals surface area contributed by atoms with Crippen LogP contribution < -0.4 is 5.32 Å². The van der Waals surface area contributed by atoms with Crippen LogP contribution >= 0.6 is 0 Å². The lowest BCUT2D eigenvalue weighted by Crippen LogP contribution is -2.69. The van der Waals surface area contributed by atoms with E-state index in [1.807, 2.05) is 7.11 Å². The third-order valence-electron chi connectivity index (χ3n) is 5.60. The van der Waals surface area contributed by atoms with Crippen LogP contribution in [0.1, 0.15) is 59.3 Å². The van der Waals surface area contributed by atoms with Gasteiger partial charge in [-0.25, -0.2) is 0 Å². The molecule has 1 N–H and O–H groups in total. The molecule has 0 aromatic rings. The van der Waals surface area contributed by atoms with Gasteiger partial charge in [-0.1, -0.05) is 19.8 Å². The number of hydrogen-bond donors (Lipinski definition) is 1. The molecule has 0 aromatic heterocycles. The number of methoxy groups -OCH3 is 1. The minimum Gasteiger partial charge on any atom is -0.385 e. The summed E-state index contributed by atoms with van der Waals surface area (Å²) in [6.45, 7) is 10.4. The van der Waals surface area contributed by atoms with Gasteiger partial charge in [-0.15, -0.1) is 0 Å². The van der Waals surface area contributed by atoms with Gasteiger partial charge < -0.3 is 10.1 Å². The minimum absolute atomic E-state index is 0.307. The van der Waals surface area contributed by atoms with Gasteiger partial charge in [0.2, 0.25) is 0 Å². The van der Waals surface area contributed by atoms with E-state index in [0.29, 0.717) is 17.1 Å². The summed E-state index contributed by atoms with van der Waals surface area (Å²) in [7, 11) is 1.81. The monoisotopic (exact) mass is 268 g/mol. The molecule has 0 aromatic carbocycles. The Balaban J connectivity index is 2.08. The first-order chi connectivity index (χ1) is 9.05. The molecule has 1 saturated heterocycles. The second-order valence-electron chi connectivity index (χ2n) is 6.95. The Hall–Kier alpha value is -0.120. The van der Waals surface area contributed by atoms with Gasteiger partial charge in [0.05, 0.1) is 0 Å². The van der Waals surface area contributed by atoms with Crippen LogP contribution in [0.2, 0.25) is 0 Å².